The molecule has 1 saturated heterocycles. The van der Waals surface area contributed by atoms with Crippen molar-refractivity contribution in [1.82, 2.24) is 5.16 Å². The summed E-state index contributed by atoms with van der Waals surface area (Å²) in [6.45, 7) is 1.49. The fourth-order valence-corrected chi connectivity index (χ4v) is 2.54. The number of nitrogens with zero attached hydrogens (tertiary/aromatic N) is 1. The van der Waals surface area contributed by atoms with Gasteiger partial charge in [-0.3, -0.25) is 10.1 Å². The molecule has 0 radical (unpaired) electrons. The quantitative estimate of drug-likeness (QED) is 0.938. The lowest BCUT2D eigenvalue weighted by Gasteiger charge is -2.21. The summed E-state index contributed by atoms with van der Waals surface area (Å²) in [4.78, 5) is 12.1. The maximum atomic E-state index is 12.1. The molecule has 21 heavy (non-hydrogen) atoms. The Labute approximate surface area is 123 Å². The van der Waals surface area contributed by atoms with Gasteiger partial charge in [-0.1, -0.05) is 35.5 Å². The fourth-order valence-electron chi connectivity index (χ4n) is 2.54. The number of carbonyl (C=O) groups is 1. The number of rotatable bonds is 4. The van der Waals surface area contributed by atoms with Gasteiger partial charge in [0.15, 0.2) is 0 Å². The summed E-state index contributed by atoms with van der Waals surface area (Å²) in [5, 5.41) is 6.62. The van der Waals surface area contributed by atoms with Crippen LogP contribution in [0.3, 0.4) is 0 Å². The van der Waals surface area contributed by atoms with Crippen molar-refractivity contribution in [2.45, 2.75) is 19.3 Å². The van der Waals surface area contributed by atoms with Gasteiger partial charge in [0.05, 0.1) is 11.8 Å². The molecule has 3 rings (SSSR count). The lowest BCUT2D eigenvalue weighted by molar-refractivity contribution is -0.117. The van der Waals surface area contributed by atoms with E-state index < -0.39 is 0 Å². The molecule has 0 unspecified atom stereocenters. The van der Waals surface area contributed by atoms with E-state index >= 15 is 0 Å². The molecular formula is C16H18N2O3. The molecule has 2 aromatic rings. The number of benzene rings is 1. The summed E-state index contributed by atoms with van der Waals surface area (Å²) in [6, 6.07) is 9.74. The second-order valence-electron chi connectivity index (χ2n) is 5.24. The van der Waals surface area contributed by atoms with Crippen molar-refractivity contribution >= 4 is 11.8 Å². The first-order chi connectivity index (χ1) is 10.3. The molecule has 1 amide bonds. The molecule has 1 aliphatic rings. The average molecular weight is 286 g/mol. The highest BCUT2D eigenvalue weighted by molar-refractivity contribution is 5.93. The molecule has 0 saturated carbocycles. The third-order valence-corrected chi connectivity index (χ3v) is 3.72. The molecule has 0 atom stereocenters. The Bertz CT molecular complexity index is 589. The number of ether oxygens (including phenoxy) is 1. The van der Waals surface area contributed by atoms with E-state index in [2.05, 4.69) is 10.5 Å². The molecule has 0 spiro atoms. The molecule has 110 valence electrons. The number of amides is 1. The van der Waals surface area contributed by atoms with Crippen molar-refractivity contribution < 1.29 is 14.1 Å². The molecule has 0 aliphatic carbocycles. The van der Waals surface area contributed by atoms with Crippen molar-refractivity contribution in [3.8, 4) is 11.1 Å². The maximum Gasteiger partial charge on any atom is 0.239 e. The standard InChI is InChI=1S/C16H18N2O3/c19-15(10-12-6-8-20-9-7-12)18-16-14(11-17-21-16)13-4-2-1-3-5-13/h1-5,11-12H,6-10H2,(H,18,19). The van der Waals surface area contributed by atoms with Crippen LogP contribution in [-0.2, 0) is 9.53 Å². The highest BCUT2D eigenvalue weighted by atomic mass is 16.5. The van der Waals surface area contributed by atoms with Gasteiger partial charge in [0.1, 0.15) is 0 Å². The highest BCUT2D eigenvalue weighted by Gasteiger charge is 2.19. The van der Waals surface area contributed by atoms with Crippen LogP contribution in [0.2, 0.25) is 0 Å². The number of aromatic nitrogens is 1. The average Bonchev–Trinajstić information content (AvgIpc) is 2.97. The van der Waals surface area contributed by atoms with E-state index in [-0.39, 0.29) is 5.91 Å². The Morgan fingerprint density at radius 3 is 2.76 bits per heavy atom. The number of nitrogens with one attached hydrogen (secondary N) is 1. The van der Waals surface area contributed by atoms with Crippen molar-refractivity contribution in [3.05, 3.63) is 36.5 Å². The fraction of sp³-hybridized carbons (Fsp3) is 0.375. The van der Waals surface area contributed by atoms with Crippen LogP contribution in [0.1, 0.15) is 19.3 Å². The summed E-state index contributed by atoms with van der Waals surface area (Å²) < 4.78 is 10.5. The van der Waals surface area contributed by atoms with Crippen LogP contribution in [0.15, 0.2) is 41.1 Å². The van der Waals surface area contributed by atoms with Crippen molar-refractivity contribution in [2.75, 3.05) is 18.5 Å². The predicted octanol–water partition coefficient (Wildman–Crippen LogP) is 3.10. The van der Waals surface area contributed by atoms with Crippen molar-refractivity contribution in [2.24, 2.45) is 5.92 Å². The highest BCUT2D eigenvalue weighted by Crippen LogP contribution is 2.28. The van der Waals surface area contributed by atoms with E-state index in [0.29, 0.717) is 18.2 Å². The topological polar surface area (TPSA) is 64.4 Å². The minimum atomic E-state index is -0.0316. The van der Waals surface area contributed by atoms with Crippen LogP contribution < -0.4 is 5.32 Å². The van der Waals surface area contributed by atoms with Gasteiger partial charge in [0.25, 0.3) is 0 Å². The second kappa shape index (κ2) is 6.54. The Hall–Kier alpha value is -2.14. The SMILES string of the molecule is O=C(CC1CCOCC1)Nc1oncc1-c1ccccc1. The Morgan fingerprint density at radius 1 is 1.24 bits per heavy atom. The van der Waals surface area contributed by atoms with Gasteiger partial charge >= 0.3 is 0 Å². The molecule has 1 aromatic carbocycles. The third-order valence-electron chi connectivity index (χ3n) is 3.72. The zero-order chi connectivity index (χ0) is 14.5. The molecule has 0 bridgehead atoms. The molecule has 1 N–H and O–H groups in total. The van der Waals surface area contributed by atoms with Crippen LogP contribution in [-0.4, -0.2) is 24.3 Å². The summed E-state index contributed by atoms with van der Waals surface area (Å²) in [7, 11) is 0. The van der Waals surface area contributed by atoms with Gasteiger partial charge in [-0.25, -0.2) is 0 Å². The Kier molecular flexibility index (Phi) is 4.31. The van der Waals surface area contributed by atoms with Crippen LogP contribution in [0.4, 0.5) is 5.88 Å². The number of carbonyl (C=O) groups excluding carboxylic acids is 1. The zero-order valence-corrected chi connectivity index (χ0v) is 11.7. The largest absolute Gasteiger partial charge is 0.381 e. The van der Waals surface area contributed by atoms with Crippen LogP contribution in [0, 0.1) is 5.92 Å². The maximum absolute atomic E-state index is 12.1. The summed E-state index contributed by atoms with van der Waals surface area (Å²) in [6.07, 6.45) is 4.00. The van der Waals surface area contributed by atoms with Gasteiger partial charge in [-0.15, -0.1) is 0 Å². The van der Waals surface area contributed by atoms with Crippen LogP contribution >= 0.6 is 0 Å². The molecule has 1 aromatic heterocycles. The zero-order valence-electron chi connectivity index (χ0n) is 11.7. The Morgan fingerprint density at radius 2 is 2.00 bits per heavy atom. The minimum Gasteiger partial charge on any atom is -0.381 e. The number of hydrogen-bond donors (Lipinski definition) is 1. The number of hydrogen-bond acceptors (Lipinski definition) is 4. The van der Waals surface area contributed by atoms with Crippen molar-refractivity contribution in [1.29, 1.82) is 0 Å². The first kappa shape index (κ1) is 13.8. The second-order valence-corrected chi connectivity index (χ2v) is 5.24. The normalized spacial score (nSPS) is 15.8. The molecule has 5 nitrogen and oxygen atoms in total. The van der Waals surface area contributed by atoms with E-state index in [0.717, 1.165) is 37.2 Å². The first-order valence-electron chi connectivity index (χ1n) is 7.20. The van der Waals surface area contributed by atoms with Crippen molar-refractivity contribution in [3.63, 3.8) is 0 Å². The predicted molar refractivity (Wildman–Crippen MR) is 78.7 cm³/mol. The third kappa shape index (κ3) is 3.49. The first-order valence-corrected chi connectivity index (χ1v) is 7.20. The lowest BCUT2D eigenvalue weighted by Crippen LogP contribution is -2.22. The number of anilines is 1. The smallest absolute Gasteiger partial charge is 0.239 e. The molecule has 5 heteroatoms. The van der Waals surface area contributed by atoms with Gasteiger partial charge in [-0.2, -0.15) is 0 Å². The van der Waals surface area contributed by atoms with E-state index in [1.165, 1.54) is 0 Å². The van der Waals surface area contributed by atoms with Crippen LogP contribution in [0.25, 0.3) is 11.1 Å². The molecule has 2 heterocycles. The molecular weight excluding hydrogens is 268 g/mol. The Balaban J connectivity index is 1.65. The monoisotopic (exact) mass is 286 g/mol. The summed E-state index contributed by atoms with van der Waals surface area (Å²) in [5.74, 6) is 0.774. The minimum absolute atomic E-state index is 0.0316. The summed E-state index contributed by atoms with van der Waals surface area (Å²) >= 11 is 0. The van der Waals surface area contributed by atoms with Gasteiger partial charge in [0.2, 0.25) is 11.8 Å². The van der Waals surface area contributed by atoms with E-state index in [1.807, 2.05) is 30.3 Å². The van der Waals surface area contributed by atoms with Gasteiger partial charge in [-0.05, 0) is 24.3 Å². The lowest BCUT2D eigenvalue weighted by atomic mass is 9.96. The van der Waals surface area contributed by atoms with Gasteiger partial charge in [0, 0.05) is 19.6 Å². The van der Waals surface area contributed by atoms with E-state index in [4.69, 9.17) is 9.26 Å². The van der Waals surface area contributed by atoms with Gasteiger partial charge < -0.3 is 9.26 Å². The van der Waals surface area contributed by atoms with E-state index in [9.17, 15) is 4.79 Å². The summed E-state index contributed by atoms with van der Waals surface area (Å²) in [5.41, 5.74) is 1.77. The van der Waals surface area contributed by atoms with E-state index in [1.54, 1.807) is 6.20 Å². The molecule has 1 fully saturated rings. The molecule has 1 aliphatic heterocycles. The van der Waals surface area contributed by atoms with Crippen LogP contribution in [0.5, 0.6) is 0 Å².